The molecule has 98 valence electrons. The second-order valence-electron chi connectivity index (χ2n) is 5.48. The maximum absolute atomic E-state index is 5.87. The predicted molar refractivity (Wildman–Crippen MR) is 73.6 cm³/mol. The molecule has 2 heteroatoms. The van der Waals surface area contributed by atoms with Gasteiger partial charge in [0.2, 0.25) is 0 Å². The SMILES string of the molecule is CCC(CC)(CN)CNCCCCC(C)C. The summed E-state index contributed by atoms with van der Waals surface area (Å²) < 4.78 is 0. The maximum Gasteiger partial charge on any atom is 0.00197 e. The molecule has 0 aromatic heterocycles. The van der Waals surface area contributed by atoms with Crippen molar-refractivity contribution in [3.63, 3.8) is 0 Å². The van der Waals surface area contributed by atoms with Gasteiger partial charge in [0.25, 0.3) is 0 Å². The molecule has 0 bridgehead atoms. The first-order valence-electron chi connectivity index (χ1n) is 7.01. The highest BCUT2D eigenvalue weighted by molar-refractivity contribution is 4.79. The number of nitrogens with one attached hydrogen (secondary N) is 1. The van der Waals surface area contributed by atoms with Crippen molar-refractivity contribution in [1.29, 1.82) is 0 Å². The standard InChI is InChI=1S/C14H32N2/c1-5-14(6-2,11-15)12-16-10-8-7-9-13(3)4/h13,16H,5-12,15H2,1-4H3. The lowest BCUT2D eigenvalue weighted by Crippen LogP contribution is -2.39. The van der Waals surface area contributed by atoms with E-state index < -0.39 is 0 Å². The van der Waals surface area contributed by atoms with Crippen molar-refractivity contribution >= 4 is 0 Å². The third-order valence-electron chi connectivity index (χ3n) is 3.82. The van der Waals surface area contributed by atoms with E-state index in [1.807, 2.05) is 0 Å². The molecule has 0 aromatic carbocycles. The summed E-state index contributed by atoms with van der Waals surface area (Å²) in [7, 11) is 0. The monoisotopic (exact) mass is 228 g/mol. The van der Waals surface area contributed by atoms with E-state index in [0.29, 0.717) is 5.41 Å². The molecular weight excluding hydrogens is 196 g/mol. The van der Waals surface area contributed by atoms with Gasteiger partial charge >= 0.3 is 0 Å². The van der Waals surface area contributed by atoms with Crippen LogP contribution in [0.2, 0.25) is 0 Å². The number of rotatable bonds is 10. The van der Waals surface area contributed by atoms with E-state index in [0.717, 1.165) is 25.6 Å². The van der Waals surface area contributed by atoms with E-state index in [2.05, 4.69) is 33.0 Å². The van der Waals surface area contributed by atoms with Gasteiger partial charge in [-0.05, 0) is 43.7 Å². The lowest BCUT2D eigenvalue weighted by atomic mass is 9.82. The lowest BCUT2D eigenvalue weighted by molar-refractivity contribution is 0.258. The van der Waals surface area contributed by atoms with E-state index in [9.17, 15) is 0 Å². The summed E-state index contributed by atoms with van der Waals surface area (Å²) in [5, 5.41) is 3.57. The molecule has 0 radical (unpaired) electrons. The van der Waals surface area contributed by atoms with Crippen molar-refractivity contribution in [2.24, 2.45) is 17.1 Å². The van der Waals surface area contributed by atoms with Crippen LogP contribution < -0.4 is 11.1 Å². The summed E-state index contributed by atoms with van der Waals surface area (Å²) in [6, 6.07) is 0. The minimum absolute atomic E-state index is 0.331. The van der Waals surface area contributed by atoms with Crippen molar-refractivity contribution in [3.05, 3.63) is 0 Å². The fourth-order valence-corrected chi connectivity index (χ4v) is 2.02. The van der Waals surface area contributed by atoms with Crippen LogP contribution in [0.15, 0.2) is 0 Å². The molecule has 0 saturated heterocycles. The van der Waals surface area contributed by atoms with Gasteiger partial charge in [-0.25, -0.2) is 0 Å². The van der Waals surface area contributed by atoms with Gasteiger partial charge in [-0.15, -0.1) is 0 Å². The van der Waals surface area contributed by atoms with Crippen molar-refractivity contribution in [2.45, 2.75) is 59.8 Å². The maximum atomic E-state index is 5.87. The van der Waals surface area contributed by atoms with Crippen molar-refractivity contribution in [3.8, 4) is 0 Å². The summed E-state index contributed by atoms with van der Waals surface area (Å²) in [5.74, 6) is 0.842. The third-order valence-corrected chi connectivity index (χ3v) is 3.82. The summed E-state index contributed by atoms with van der Waals surface area (Å²) in [6.07, 6.45) is 6.36. The quantitative estimate of drug-likeness (QED) is 0.564. The van der Waals surface area contributed by atoms with E-state index in [-0.39, 0.29) is 0 Å². The van der Waals surface area contributed by atoms with Gasteiger partial charge in [0.1, 0.15) is 0 Å². The fraction of sp³-hybridized carbons (Fsp3) is 1.00. The van der Waals surface area contributed by atoms with Crippen LogP contribution in [0.3, 0.4) is 0 Å². The highest BCUT2D eigenvalue weighted by Gasteiger charge is 2.23. The lowest BCUT2D eigenvalue weighted by Gasteiger charge is -2.30. The second-order valence-corrected chi connectivity index (χ2v) is 5.48. The first-order valence-corrected chi connectivity index (χ1v) is 7.01. The molecule has 0 spiro atoms. The minimum Gasteiger partial charge on any atom is -0.330 e. The molecule has 2 nitrogen and oxygen atoms in total. The van der Waals surface area contributed by atoms with Crippen molar-refractivity contribution < 1.29 is 0 Å². The van der Waals surface area contributed by atoms with E-state index >= 15 is 0 Å². The first kappa shape index (κ1) is 15.9. The first-order chi connectivity index (χ1) is 7.60. The van der Waals surface area contributed by atoms with Gasteiger partial charge in [0.15, 0.2) is 0 Å². The van der Waals surface area contributed by atoms with Crippen LogP contribution in [0.5, 0.6) is 0 Å². The molecule has 0 amide bonds. The molecule has 0 unspecified atom stereocenters. The van der Waals surface area contributed by atoms with E-state index in [1.165, 1.54) is 32.1 Å². The molecule has 0 aliphatic heterocycles. The van der Waals surface area contributed by atoms with Gasteiger partial charge in [0, 0.05) is 6.54 Å². The Hall–Kier alpha value is -0.0800. The summed E-state index contributed by atoms with van der Waals surface area (Å²) in [5.41, 5.74) is 6.20. The molecule has 16 heavy (non-hydrogen) atoms. The molecule has 0 aliphatic carbocycles. The molecule has 0 heterocycles. The smallest absolute Gasteiger partial charge is 0.00197 e. The number of unbranched alkanes of at least 4 members (excludes halogenated alkanes) is 1. The van der Waals surface area contributed by atoms with Crippen molar-refractivity contribution in [2.75, 3.05) is 19.6 Å². The number of hydrogen-bond acceptors (Lipinski definition) is 2. The van der Waals surface area contributed by atoms with Crippen molar-refractivity contribution in [1.82, 2.24) is 5.32 Å². The van der Waals surface area contributed by atoms with E-state index in [4.69, 9.17) is 5.73 Å². The summed E-state index contributed by atoms with van der Waals surface area (Å²) in [6.45, 7) is 12.1. The van der Waals surface area contributed by atoms with Crippen LogP contribution in [0.4, 0.5) is 0 Å². The van der Waals surface area contributed by atoms with Crippen LogP contribution in [-0.4, -0.2) is 19.6 Å². The predicted octanol–water partition coefficient (Wildman–Crippen LogP) is 3.17. The Labute approximate surface area is 102 Å². The Balaban J connectivity index is 3.55. The molecule has 0 aliphatic rings. The Morgan fingerprint density at radius 2 is 1.75 bits per heavy atom. The molecule has 0 rings (SSSR count). The number of nitrogens with two attached hydrogens (primary N) is 1. The average molecular weight is 228 g/mol. The van der Waals surface area contributed by atoms with Crippen LogP contribution in [0.25, 0.3) is 0 Å². The zero-order valence-electron chi connectivity index (χ0n) is 11.8. The normalized spacial score (nSPS) is 12.4. The Bertz CT molecular complexity index is 143. The largest absolute Gasteiger partial charge is 0.330 e. The minimum atomic E-state index is 0.331. The van der Waals surface area contributed by atoms with Gasteiger partial charge in [-0.1, -0.05) is 40.5 Å². The molecule has 0 aromatic rings. The van der Waals surface area contributed by atoms with E-state index in [1.54, 1.807) is 0 Å². The van der Waals surface area contributed by atoms with Crippen LogP contribution >= 0.6 is 0 Å². The fourth-order valence-electron chi connectivity index (χ4n) is 2.02. The zero-order valence-corrected chi connectivity index (χ0v) is 11.8. The molecule has 0 saturated carbocycles. The van der Waals surface area contributed by atoms with Gasteiger partial charge in [-0.2, -0.15) is 0 Å². The molecular formula is C14H32N2. The van der Waals surface area contributed by atoms with Gasteiger partial charge < -0.3 is 11.1 Å². The third kappa shape index (κ3) is 6.49. The molecule has 0 atom stereocenters. The van der Waals surface area contributed by atoms with Gasteiger partial charge in [-0.3, -0.25) is 0 Å². The van der Waals surface area contributed by atoms with Crippen LogP contribution in [-0.2, 0) is 0 Å². The average Bonchev–Trinajstić information content (AvgIpc) is 2.29. The second kappa shape index (κ2) is 9.00. The van der Waals surface area contributed by atoms with Crippen LogP contribution in [0.1, 0.15) is 59.8 Å². The topological polar surface area (TPSA) is 38.0 Å². The Kier molecular flexibility index (Phi) is 8.96. The highest BCUT2D eigenvalue weighted by atomic mass is 14.9. The molecule has 3 N–H and O–H groups in total. The number of hydrogen-bond donors (Lipinski definition) is 2. The van der Waals surface area contributed by atoms with Gasteiger partial charge in [0.05, 0.1) is 0 Å². The summed E-state index contributed by atoms with van der Waals surface area (Å²) in [4.78, 5) is 0. The Morgan fingerprint density at radius 1 is 1.12 bits per heavy atom. The summed E-state index contributed by atoms with van der Waals surface area (Å²) >= 11 is 0. The highest BCUT2D eigenvalue weighted by Crippen LogP contribution is 2.23. The van der Waals surface area contributed by atoms with Crippen LogP contribution in [0, 0.1) is 11.3 Å². The zero-order chi connectivity index (χ0) is 12.4. The Morgan fingerprint density at radius 3 is 2.19 bits per heavy atom. The molecule has 0 fully saturated rings.